The van der Waals surface area contributed by atoms with Crippen LogP contribution in [0.2, 0.25) is 0 Å². The summed E-state index contributed by atoms with van der Waals surface area (Å²) < 4.78 is 11.2. The zero-order chi connectivity index (χ0) is 11.8. The van der Waals surface area contributed by atoms with Crippen molar-refractivity contribution in [2.45, 2.75) is 32.6 Å². The lowest BCUT2D eigenvalue weighted by atomic mass is 10.2. The van der Waals surface area contributed by atoms with E-state index in [-0.39, 0.29) is 0 Å². The summed E-state index contributed by atoms with van der Waals surface area (Å²) in [4.78, 5) is 0. The van der Waals surface area contributed by atoms with E-state index in [1.165, 1.54) is 0 Å². The molecule has 16 heavy (non-hydrogen) atoms. The molecule has 0 aliphatic carbocycles. The molecule has 0 amide bonds. The molecule has 0 aromatic heterocycles. The lowest BCUT2D eigenvalue weighted by Gasteiger charge is -2.12. The molecule has 0 heterocycles. The molecule has 0 N–H and O–H groups in total. The molecule has 90 valence electrons. The zero-order valence-corrected chi connectivity index (χ0v) is 10.7. The molecule has 0 fully saturated rings. The summed E-state index contributed by atoms with van der Waals surface area (Å²) in [5.74, 6) is 2.09. The van der Waals surface area contributed by atoms with Crippen LogP contribution in [-0.4, -0.2) is 13.2 Å². The van der Waals surface area contributed by atoms with Crippen molar-refractivity contribution in [3.63, 3.8) is 0 Å². The zero-order valence-electron chi connectivity index (χ0n) is 9.96. The molecule has 0 unspecified atom stereocenters. The van der Waals surface area contributed by atoms with Crippen LogP contribution >= 0.6 is 11.6 Å². The van der Waals surface area contributed by atoms with Gasteiger partial charge in [-0.15, -0.1) is 11.6 Å². The van der Waals surface area contributed by atoms with Crippen LogP contribution in [0.1, 0.15) is 32.3 Å². The molecule has 0 bridgehead atoms. The molecule has 1 aromatic rings. The van der Waals surface area contributed by atoms with Crippen molar-refractivity contribution in [2.75, 3.05) is 13.2 Å². The van der Waals surface area contributed by atoms with Gasteiger partial charge in [-0.3, -0.25) is 0 Å². The standard InChI is InChI=1S/C13H19ClO2/c1-3-5-8-16-12-7-6-11(10-14)9-13(12)15-4-2/h6-7,9H,3-5,8,10H2,1-2H3. The van der Waals surface area contributed by atoms with Gasteiger partial charge in [0, 0.05) is 5.88 Å². The van der Waals surface area contributed by atoms with Gasteiger partial charge in [0.05, 0.1) is 13.2 Å². The number of alkyl halides is 1. The average molecular weight is 243 g/mol. The van der Waals surface area contributed by atoms with E-state index >= 15 is 0 Å². The maximum Gasteiger partial charge on any atom is 0.161 e. The van der Waals surface area contributed by atoms with Gasteiger partial charge in [-0.1, -0.05) is 19.4 Å². The summed E-state index contributed by atoms with van der Waals surface area (Å²) in [5, 5.41) is 0. The first-order valence-corrected chi connectivity index (χ1v) is 6.29. The van der Waals surface area contributed by atoms with E-state index in [2.05, 4.69) is 6.92 Å². The van der Waals surface area contributed by atoms with Crippen molar-refractivity contribution < 1.29 is 9.47 Å². The second-order valence-electron chi connectivity index (χ2n) is 3.55. The summed E-state index contributed by atoms with van der Waals surface area (Å²) in [6.45, 7) is 5.47. The minimum Gasteiger partial charge on any atom is -0.490 e. The topological polar surface area (TPSA) is 18.5 Å². The monoisotopic (exact) mass is 242 g/mol. The lowest BCUT2D eigenvalue weighted by Crippen LogP contribution is -2.01. The van der Waals surface area contributed by atoms with Gasteiger partial charge < -0.3 is 9.47 Å². The largest absolute Gasteiger partial charge is 0.490 e. The van der Waals surface area contributed by atoms with Crippen molar-refractivity contribution in [3.8, 4) is 11.5 Å². The van der Waals surface area contributed by atoms with E-state index < -0.39 is 0 Å². The van der Waals surface area contributed by atoms with Crippen molar-refractivity contribution in [1.29, 1.82) is 0 Å². The van der Waals surface area contributed by atoms with Gasteiger partial charge in [0.1, 0.15) is 0 Å². The quantitative estimate of drug-likeness (QED) is 0.532. The van der Waals surface area contributed by atoms with Crippen LogP contribution in [0.15, 0.2) is 18.2 Å². The first kappa shape index (κ1) is 13.2. The molecule has 1 rings (SSSR count). The fourth-order valence-corrected chi connectivity index (χ4v) is 1.52. The highest BCUT2D eigenvalue weighted by Crippen LogP contribution is 2.29. The number of hydrogen-bond donors (Lipinski definition) is 0. The van der Waals surface area contributed by atoms with E-state index in [4.69, 9.17) is 21.1 Å². The third-order valence-corrected chi connectivity index (χ3v) is 2.53. The predicted octanol–water partition coefficient (Wildman–Crippen LogP) is 4.00. The minimum absolute atomic E-state index is 0.495. The van der Waals surface area contributed by atoms with Crippen LogP contribution in [0.25, 0.3) is 0 Å². The van der Waals surface area contributed by atoms with E-state index in [0.717, 1.165) is 36.5 Å². The highest BCUT2D eigenvalue weighted by molar-refractivity contribution is 6.17. The van der Waals surface area contributed by atoms with Gasteiger partial charge in [0.2, 0.25) is 0 Å². The van der Waals surface area contributed by atoms with Crippen LogP contribution in [0.3, 0.4) is 0 Å². The number of ether oxygens (including phenoxy) is 2. The lowest BCUT2D eigenvalue weighted by molar-refractivity contribution is 0.272. The van der Waals surface area contributed by atoms with Crippen molar-refractivity contribution in [2.24, 2.45) is 0 Å². The molecule has 0 aliphatic heterocycles. The minimum atomic E-state index is 0.495. The van der Waals surface area contributed by atoms with Crippen molar-refractivity contribution in [1.82, 2.24) is 0 Å². The van der Waals surface area contributed by atoms with Crippen LogP contribution in [0.5, 0.6) is 11.5 Å². The van der Waals surface area contributed by atoms with Gasteiger partial charge in [-0.2, -0.15) is 0 Å². The highest BCUT2D eigenvalue weighted by Gasteiger charge is 2.05. The normalized spacial score (nSPS) is 10.2. The van der Waals surface area contributed by atoms with Crippen LogP contribution in [0, 0.1) is 0 Å². The predicted molar refractivity (Wildman–Crippen MR) is 67.6 cm³/mol. The van der Waals surface area contributed by atoms with Gasteiger partial charge in [0.15, 0.2) is 11.5 Å². The van der Waals surface area contributed by atoms with E-state index in [0.29, 0.717) is 12.5 Å². The fraction of sp³-hybridized carbons (Fsp3) is 0.538. The van der Waals surface area contributed by atoms with Crippen molar-refractivity contribution >= 4 is 11.6 Å². The molecule has 0 saturated carbocycles. The molecule has 0 atom stereocenters. The number of benzene rings is 1. The first-order chi connectivity index (χ1) is 7.81. The molecule has 0 radical (unpaired) electrons. The number of halogens is 1. The molecule has 2 nitrogen and oxygen atoms in total. The summed E-state index contributed by atoms with van der Waals surface area (Å²) >= 11 is 5.78. The SMILES string of the molecule is CCCCOc1ccc(CCl)cc1OCC. The van der Waals surface area contributed by atoms with Gasteiger partial charge in [-0.05, 0) is 31.0 Å². The van der Waals surface area contributed by atoms with Crippen LogP contribution in [-0.2, 0) is 5.88 Å². The molecule has 0 aliphatic rings. The Balaban J connectivity index is 2.72. The van der Waals surface area contributed by atoms with Gasteiger partial charge >= 0.3 is 0 Å². The summed E-state index contributed by atoms with van der Waals surface area (Å²) in [7, 11) is 0. The number of rotatable bonds is 7. The van der Waals surface area contributed by atoms with E-state index in [9.17, 15) is 0 Å². The molecule has 1 aromatic carbocycles. The maximum absolute atomic E-state index is 5.78. The molecular formula is C13H19ClO2. The summed E-state index contributed by atoms with van der Waals surface area (Å²) in [6, 6.07) is 5.84. The first-order valence-electron chi connectivity index (χ1n) is 5.76. The number of hydrogen-bond acceptors (Lipinski definition) is 2. The molecule has 0 saturated heterocycles. The third kappa shape index (κ3) is 3.93. The van der Waals surface area contributed by atoms with Crippen LogP contribution in [0.4, 0.5) is 0 Å². The Morgan fingerprint density at radius 1 is 1.12 bits per heavy atom. The van der Waals surface area contributed by atoms with E-state index in [1.807, 2.05) is 25.1 Å². The molecule has 0 spiro atoms. The Hall–Kier alpha value is -0.890. The Morgan fingerprint density at radius 3 is 2.56 bits per heavy atom. The molecule has 3 heteroatoms. The average Bonchev–Trinajstić information content (AvgIpc) is 2.31. The highest BCUT2D eigenvalue weighted by atomic mass is 35.5. The van der Waals surface area contributed by atoms with Gasteiger partial charge in [0.25, 0.3) is 0 Å². The van der Waals surface area contributed by atoms with E-state index in [1.54, 1.807) is 0 Å². The molecular weight excluding hydrogens is 224 g/mol. The Morgan fingerprint density at radius 2 is 1.94 bits per heavy atom. The Labute approximate surface area is 103 Å². The van der Waals surface area contributed by atoms with Crippen LogP contribution < -0.4 is 9.47 Å². The second kappa shape index (κ2) is 7.39. The number of unbranched alkanes of at least 4 members (excludes halogenated alkanes) is 1. The Bertz CT molecular complexity index is 313. The fourth-order valence-electron chi connectivity index (χ4n) is 1.35. The van der Waals surface area contributed by atoms with Gasteiger partial charge in [-0.25, -0.2) is 0 Å². The summed E-state index contributed by atoms with van der Waals surface area (Å²) in [6.07, 6.45) is 2.19. The Kier molecular flexibility index (Phi) is 6.09. The third-order valence-electron chi connectivity index (χ3n) is 2.22. The summed E-state index contributed by atoms with van der Waals surface area (Å²) in [5.41, 5.74) is 1.05. The smallest absolute Gasteiger partial charge is 0.161 e. The van der Waals surface area contributed by atoms with Crippen molar-refractivity contribution in [3.05, 3.63) is 23.8 Å². The second-order valence-corrected chi connectivity index (χ2v) is 3.82. The maximum atomic E-state index is 5.78.